The lowest BCUT2D eigenvalue weighted by molar-refractivity contribution is -0.133. The van der Waals surface area contributed by atoms with Crippen molar-refractivity contribution in [1.29, 1.82) is 0 Å². The van der Waals surface area contributed by atoms with Crippen LogP contribution in [0.2, 0.25) is 0 Å². The molecule has 0 spiro atoms. The predicted octanol–water partition coefficient (Wildman–Crippen LogP) is 1.88. The molecule has 0 bridgehead atoms. The Hall–Kier alpha value is -1.84. The van der Waals surface area contributed by atoms with Gasteiger partial charge < -0.3 is 10.1 Å². The van der Waals surface area contributed by atoms with Crippen molar-refractivity contribution in [3.05, 3.63) is 29.8 Å². The van der Waals surface area contributed by atoms with Gasteiger partial charge in [-0.1, -0.05) is 12.1 Å². The molecule has 1 amide bonds. The van der Waals surface area contributed by atoms with Crippen molar-refractivity contribution in [3.63, 3.8) is 0 Å². The van der Waals surface area contributed by atoms with Gasteiger partial charge in [0.15, 0.2) is 0 Å². The van der Waals surface area contributed by atoms with Gasteiger partial charge in [-0.15, -0.1) is 0 Å². The van der Waals surface area contributed by atoms with Crippen LogP contribution in [0.5, 0.6) is 0 Å². The lowest BCUT2D eigenvalue weighted by Gasteiger charge is -2.10. The largest absolute Gasteiger partial charge is 0.460 e. The van der Waals surface area contributed by atoms with Gasteiger partial charge in [0.1, 0.15) is 6.10 Å². The molecule has 0 radical (unpaired) electrons. The summed E-state index contributed by atoms with van der Waals surface area (Å²) in [4.78, 5) is 20.9. The first kappa shape index (κ1) is 11.2. The van der Waals surface area contributed by atoms with E-state index in [2.05, 4.69) is 5.32 Å². The highest BCUT2D eigenvalue weighted by atomic mass is 16.5. The van der Waals surface area contributed by atoms with E-state index in [4.69, 9.17) is 4.74 Å². The molecule has 1 unspecified atom stereocenters. The highest BCUT2D eigenvalue weighted by molar-refractivity contribution is 5.88. The molecule has 0 aliphatic heterocycles. The van der Waals surface area contributed by atoms with E-state index in [1.54, 1.807) is 31.2 Å². The Bertz CT molecular complexity index is 345. The normalized spacial score (nSPS) is 11.6. The molecule has 4 nitrogen and oxygen atoms in total. The van der Waals surface area contributed by atoms with Crippen LogP contribution in [0.1, 0.15) is 25.5 Å². The molecule has 0 aliphatic carbocycles. The molecule has 1 rings (SSSR count). The van der Waals surface area contributed by atoms with E-state index in [0.29, 0.717) is 6.47 Å². The first-order chi connectivity index (χ1) is 7.13. The van der Waals surface area contributed by atoms with Crippen molar-refractivity contribution in [2.75, 3.05) is 5.32 Å². The fourth-order valence-corrected chi connectivity index (χ4v) is 1.20. The first-order valence-electron chi connectivity index (χ1n) is 4.60. The van der Waals surface area contributed by atoms with E-state index in [0.717, 1.165) is 11.3 Å². The van der Waals surface area contributed by atoms with Crippen LogP contribution in [0, 0.1) is 0 Å². The van der Waals surface area contributed by atoms with Gasteiger partial charge in [-0.25, -0.2) is 0 Å². The number of benzene rings is 1. The van der Waals surface area contributed by atoms with Gasteiger partial charge in [-0.05, 0) is 24.6 Å². The zero-order valence-corrected chi connectivity index (χ0v) is 8.69. The summed E-state index contributed by atoms with van der Waals surface area (Å²) in [5.74, 6) is -0.111. The monoisotopic (exact) mass is 207 g/mol. The maximum Gasteiger partial charge on any atom is 0.293 e. The average molecular weight is 207 g/mol. The number of nitrogens with one attached hydrogen (secondary N) is 1. The van der Waals surface area contributed by atoms with E-state index in [9.17, 15) is 9.59 Å². The predicted molar refractivity (Wildman–Crippen MR) is 56.3 cm³/mol. The summed E-state index contributed by atoms with van der Waals surface area (Å²) in [6, 6.07) is 7.14. The number of carbonyl (C=O) groups excluding carboxylic acids is 2. The summed E-state index contributed by atoms with van der Waals surface area (Å²) < 4.78 is 4.78. The van der Waals surface area contributed by atoms with Gasteiger partial charge in [-0.3, -0.25) is 9.59 Å². The second kappa shape index (κ2) is 5.14. The minimum Gasteiger partial charge on any atom is -0.460 e. The number of hydrogen-bond donors (Lipinski definition) is 1. The molecule has 1 aromatic rings. The topological polar surface area (TPSA) is 55.4 Å². The number of anilines is 1. The van der Waals surface area contributed by atoms with Crippen LogP contribution in [-0.4, -0.2) is 12.4 Å². The van der Waals surface area contributed by atoms with Crippen LogP contribution < -0.4 is 5.32 Å². The molecule has 0 heterocycles. The lowest BCUT2D eigenvalue weighted by atomic mass is 10.1. The van der Waals surface area contributed by atoms with Crippen molar-refractivity contribution in [3.8, 4) is 0 Å². The minimum absolute atomic E-state index is 0.111. The fraction of sp³-hybridized carbons (Fsp3) is 0.273. The van der Waals surface area contributed by atoms with Crippen molar-refractivity contribution in [1.82, 2.24) is 0 Å². The Kier molecular flexibility index (Phi) is 3.85. The summed E-state index contributed by atoms with van der Waals surface area (Å²) in [5, 5.41) is 2.65. The number of rotatable bonds is 4. The lowest BCUT2D eigenvalue weighted by Crippen LogP contribution is -2.06. The molecule has 1 atom stereocenters. The number of hydrogen-bond acceptors (Lipinski definition) is 3. The van der Waals surface area contributed by atoms with Crippen LogP contribution in [0.3, 0.4) is 0 Å². The van der Waals surface area contributed by atoms with Crippen LogP contribution in [0.15, 0.2) is 24.3 Å². The zero-order valence-electron chi connectivity index (χ0n) is 8.69. The van der Waals surface area contributed by atoms with Crippen molar-refractivity contribution in [2.24, 2.45) is 0 Å². The van der Waals surface area contributed by atoms with Gasteiger partial charge in [0, 0.05) is 12.6 Å². The minimum atomic E-state index is -0.270. The molecular weight excluding hydrogens is 194 g/mol. The van der Waals surface area contributed by atoms with Gasteiger partial charge >= 0.3 is 0 Å². The smallest absolute Gasteiger partial charge is 0.293 e. The van der Waals surface area contributed by atoms with Crippen LogP contribution >= 0.6 is 0 Å². The summed E-state index contributed by atoms with van der Waals surface area (Å²) in [5.41, 5.74) is 1.61. The highest BCUT2D eigenvalue weighted by Crippen LogP contribution is 2.18. The Balaban J connectivity index is 2.71. The van der Waals surface area contributed by atoms with E-state index < -0.39 is 0 Å². The van der Waals surface area contributed by atoms with Crippen LogP contribution in [0.25, 0.3) is 0 Å². The van der Waals surface area contributed by atoms with Crippen LogP contribution in [0.4, 0.5) is 5.69 Å². The summed E-state index contributed by atoms with van der Waals surface area (Å²) in [7, 11) is 0. The third kappa shape index (κ3) is 3.42. The summed E-state index contributed by atoms with van der Waals surface area (Å²) in [6.07, 6.45) is -0.270. The van der Waals surface area contributed by atoms with Gasteiger partial charge in [0.2, 0.25) is 5.91 Å². The maximum atomic E-state index is 10.8. The third-order valence-corrected chi connectivity index (χ3v) is 1.96. The van der Waals surface area contributed by atoms with Gasteiger partial charge in [-0.2, -0.15) is 0 Å². The molecule has 0 fully saturated rings. The molecule has 0 aromatic heterocycles. The molecule has 1 aromatic carbocycles. The molecule has 0 aliphatic rings. The number of amides is 1. The Labute approximate surface area is 88.2 Å². The molecule has 4 heteroatoms. The Morgan fingerprint density at radius 3 is 2.47 bits per heavy atom. The second-order valence-corrected chi connectivity index (χ2v) is 3.18. The molecular formula is C11H13NO3. The van der Waals surface area contributed by atoms with Gasteiger partial charge in [0.05, 0.1) is 0 Å². The third-order valence-electron chi connectivity index (χ3n) is 1.96. The standard InChI is InChI=1S/C11H13NO3/c1-8(15-7-13)10-3-5-11(6-4-10)12-9(2)14/h3-8H,1-2H3,(H,12,14). The molecule has 80 valence electrons. The summed E-state index contributed by atoms with van der Waals surface area (Å²) in [6.45, 7) is 3.65. The number of ether oxygens (including phenoxy) is 1. The van der Waals surface area contributed by atoms with Crippen molar-refractivity contribution in [2.45, 2.75) is 20.0 Å². The van der Waals surface area contributed by atoms with E-state index in [1.807, 2.05) is 0 Å². The maximum absolute atomic E-state index is 10.8. The Morgan fingerprint density at radius 1 is 1.40 bits per heavy atom. The van der Waals surface area contributed by atoms with E-state index in [-0.39, 0.29) is 12.0 Å². The Morgan fingerprint density at radius 2 is 2.00 bits per heavy atom. The summed E-state index contributed by atoms with van der Waals surface area (Å²) >= 11 is 0. The van der Waals surface area contributed by atoms with E-state index in [1.165, 1.54) is 6.92 Å². The molecule has 0 saturated carbocycles. The fourth-order valence-electron chi connectivity index (χ4n) is 1.20. The van der Waals surface area contributed by atoms with Gasteiger partial charge in [0.25, 0.3) is 6.47 Å². The molecule has 15 heavy (non-hydrogen) atoms. The van der Waals surface area contributed by atoms with Crippen molar-refractivity contribution >= 4 is 18.1 Å². The van der Waals surface area contributed by atoms with Crippen molar-refractivity contribution < 1.29 is 14.3 Å². The molecule has 0 saturated heterocycles. The second-order valence-electron chi connectivity index (χ2n) is 3.18. The zero-order chi connectivity index (χ0) is 11.3. The average Bonchev–Trinajstić information content (AvgIpc) is 2.18. The molecule has 1 N–H and O–H groups in total. The van der Waals surface area contributed by atoms with Crippen LogP contribution in [-0.2, 0) is 14.3 Å². The van der Waals surface area contributed by atoms with E-state index >= 15 is 0 Å². The first-order valence-corrected chi connectivity index (χ1v) is 4.60. The number of carbonyl (C=O) groups is 2. The highest BCUT2D eigenvalue weighted by Gasteiger charge is 2.04. The SMILES string of the molecule is CC(=O)Nc1ccc(C(C)OC=O)cc1. The quantitative estimate of drug-likeness (QED) is 0.767.